The topological polar surface area (TPSA) is 20.3 Å². The Labute approximate surface area is 113 Å². The third-order valence-electron chi connectivity index (χ3n) is 4.37. The molecule has 1 atom stereocenters. The molecule has 1 amide bonds. The van der Waals surface area contributed by atoms with Crippen molar-refractivity contribution in [3.63, 3.8) is 0 Å². The number of hydrogen-bond donors (Lipinski definition) is 0. The Kier molecular flexibility index (Phi) is 5.24. The molecule has 0 radical (unpaired) electrons. The van der Waals surface area contributed by atoms with Gasteiger partial charge in [0, 0.05) is 19.5 Å². The van der Waals surface area contributed by atoms with Gasteiger partial charge in [0.25, 0.3) is 0 Å². The first-order valence-corrected chi connectivity index (χ1v) is 7.48. The zero-order valence-corrected chi connectivity index (χ0v) is 13.1. The molecule has 2 nitrogen and oxygen atoms in total. The Bertz CT molecular complexity index is 269. The van der Waals surface area contributed by atoms with Gasteiger partial charge in [0.1, 0.15) is 0 Å². The van der Waals surface area contributed by atoms with Crippen LogP contribution < -0.4 is 0 Å². The number of carbonyl (C=O) groups excluding carboxylic acids is 1. The lowest BCUT2D eigenvalue weighted by Crippen LogP contribution is -2.41. The first-order valence-electron chi connectivity index (χ1n) is 7.48. The fourth-order valence-electron chi connectivity index (χ4n) is 2.78. The minimum absolute atomic E-state index is 0.110. The van der Waals surface area contributed by atoms with Crippen LogP contribution in [-0.4, -0.2) is 23.9 Å². The average Bonchev–Trinajstić information content (AvgIpc) is 2.26. The first-order chi connectivity index (χ1) is 8.20. The molecule has 106 valence electrons. The lowest BCUT2D eigenvalue weighted by atomic mass is 9.79. The van der Waals surface area contributed by atoms with Gasteiger partial charge in [-0.1, -0.05) is 41.5 Å². The lowest BCUT2D eigenvalue weighted by Gasteiger charge is -2.37. The van der Waals surface area contributed by atoms with Crippen LogP contribution >= 0.6 is 0 Å². The normalized spacial score (nSPS) is 20.3. The number of likely N-dealkylation sites (tertiary alicyclic amines) is 1. The van der Waals surface area contributed by atoms with Crippen LogP contribution in [0.2, 0.25) is 0 Å². The smallest absolute Gasteiger partial charge is 0.223 e. The van der Waals surface area contributed by atoms with E-state index in [2.05, 4.69) is 46.4 Å². The molecule has 1 rings (SSSR count). The van der Waals surface area contributed by atoms with Crippen molar-refractivity contribution in [2.75, 3.05) is 13.1 Å². The van der Waals surface area contributed by atoms with Crippen LogP contribution in [0.1, 0.15) is 60.8 Å². The molecule has 0 aromatic carbocycles. The van der Waals surface area contributed by atoms with E-state index in [0.29, 0.717) is 12.3 Å². The molecule has 1 aliphatic rings. The molecule has 1 saturated heterocycles. The van der Waals surface area contributed by atoms with Crippen molar-refractivity contribution < 1.29 is 4.79 Å². The fraction of sp³-hybridized carbons (Fsp3) is 0.938. The molecule has 1 heterocycles. The molecule has 0 spiro atoms. The Morgan fingerprint density at radius 2 is 1.67 bits per heavy atom. The highest BCUT2D eigenvalue weighted by Gasteiger charge is 2.28. The quantitative estimate of drug-likeness (QED) is 0.745. The van der Waals surface area contributed by atoms with Gasteiger partial charge in [-0.2, -0.15) is 0 Å². The Morgan fingerprint density at radius 3 is 2.06 bits per heavy atom. The minimum Gasteiger partial charge on any atom is -0.343 e. The van der Waals surface area contributed by atoms with E-state index in [-0.39, 0.29) is 5.41 Å². The van der Waals surface area contributed by atoms with Crippen molar-refractivity contribution in [2.24, 2.45) is 23.2 Å². The van der Waals surface area contributed by atoms with E-state index >= 15 is 0 Å². The summed E-state index contributed by atoms with van der Waals surface area (Å²) in [5.74, 6) is 2.69. The summed E-state index contributed by atoms with van der Waals surface area (Å²) in [7, 11) is 0. The van der Waals surface area contributed by atoms with Crippen LogP contribution in [0.25, 0.3) is 0 Å². The van der Waals surface area contributed by atoms with Crippen molar-refractivity contribution in [2.45, 2.75) is 60.8 Å². The van der Waals surface area contributed by atoms with E-state index in [4.69, 9.17) is 0 Å². The fourth-order valence-corrected chi connectivity index (χ4v) is 2.78. The Balaban J connectivity index is 2.42. The van der Waals surface area contributed by atoms with E-state index < -0.39 is 0 Å². The van der Waals surface area contributed by atoms with Crippen molar-refractivity contribution in [3.8, 4) is 0 Å². The predicted octanol–water partition coefficient (Wildman–Crippen LogP) is 3.95. The highest BCUT2D eigenvalue weighted by atomic mass is 16.2. The van der Waals surface area contributed by atoms with Gasteiger partial charge in [-0.05, 0) is 36.0 Å². The molecule has 0 aromatic heterocycles. The predicted molar refractivity (Wildman–Crippen MR) is 77.4 cm³/mol. The van der Waals surface area contributed by atoms with E-state index in [0.717, 1.165) is 30.8 Å². The summed E-state index contributed by atoms with van der Waals surface area (Å²) in [5.41, 5.74) is 0.110. The summed E-state index contributed by atoms with van der Waals surface area (Å²) in [6.45, 7) is 15.3. The molecule has 0 N–H and O–H groups in total. The largest absolute Gasteiger partial charge is 0.343 e. The molecule has 18 heavy (non-hydrogen) atoms. The van der Waals surface area contributed by atoms with E-state index in [9.17, 15) is 4.79 Å². The van der Waals surface area contributed by atoms with Crippen LogP contribution in [0.5, 0.6) is 0 Å². The summed E-state index contributed by atoms with van der Waals surface area (Å²) in [4.78, 5) is 14.2. The molecule has 0 aliphatic carbocycles. The van der Waals surface area contributed by atoms with Gasteiger partial charge in [0.15, 0.2) is 0 Å². The van der Waals surface area contributed by atoms with Crippen molar-refractivity contribution in [1.29, 1.82) is 0 Å². The van der Waals surface area contributed by atoms with Crippen LogP contribution in [0, 0.1) is 23.2 Å². The maximum atomic E-state index is 12.2. The van der Waals surface area contributed by atoms with E-state index in [1.54, 1.807) is 0 Å². The number of amides is 1. The molecule has 0 bridgehead atoms. The maximum absolute atomic E-state index is 12.2. The summed E-state index contributed by atoms with van der Waals surface area (Å²) in [5, 5.41) is 0. The first kappa shape index (κ1) is 15.5. The van der Waals surface area contributed by atoms with Gasteiger partial charge in [0.2, 0.25) is 5.91 Å². The number of rotatable bonds is 3. The minimum atomic E-state index is 0.110. The second-order valence-electron chi connectivity index (χ2n) is 7.56. The van der Waals surface area contributed by atoms with Crippen molar-refractivity contribution >= 4 is 5.91 Å². The van der Waals surface area contributed by atoms with Crippen molar-refractivity contribution in [3.05, 3.63) is 0 Å². The average molecular weight is 253 g/mol. The van der Waals surface area contributed by atoms with Crippen LogP contribution in [0.15, 0.2) is 0 Å². The summed E-state index contributed by atoms with van der Waals surface area (Å²) in [6.07, 6.45) is 3.06. The number of carbonyl (C=O) groups is 1. The molecule has 1 aliphatic heterocycles. The molecule has 2 heteroatoms. The molecular weight excluding hydrogens is 222 g/mol. The summed E-state index contributed by atoms with van der Waals surface area (Å²) < 4.78 is 0. The van der Waals surface area contributed by atoms with Gasteiger partial charge in [0.05, 0.1) is 0 Å². The molecule has 0 saturated carbocycles. The van der Waals surface area contributed by atoms with Crippen LogP contribution in [-0.2, 0) is 4.79 Å². The zero-order chi connectivity index (χ0) is 13.9. The van der Waals surface area contributed by atoms with Gasteiger partial charge in [-0.15, -0.1) is 0 Å². The lowest BCUT2D eigenvalue weighted by molar-refractivity contribution is -0.134. The monoisotopic (exact) mass is 253 g/mol. The SMILES string of the molecule is CC(C)C(C)C1CCN(C(=O)CC(C)(C)C)CC1. The van der Waals surface area contributed by atoms with E-state index in [1.807, 2.05) is 0 Å². The van der Waals surface area contributed by atoms with Gasteiger partial charge in [-0.25, -0.2) is 0 Å². The highest BCUT2D eigenvalue weighted by Crippen LogP contribution is 2.30. The van der Waals surface area contributed by atoms with Crippen LogP contribution in [0.4, 0.5) is 0 Å². The van der Waals surface area contributed by atoms with Gasteiger partial charge < -0.3 is 4.90 Å². The molecule has 1 fully saturated rings. The Hall–Kier alpha value is -0.530. The highest BCUT2D eigenvalue weighted by molar-refractivity contribution is 5.76. The third kappa shape index (κ3) is 4.62. The standard InChI is InChI=1S/C16H31NO/c1-12(2)13(3)14-7-9-17(10-8-14)15(18)11-16(4,5)6/h12-14H,7-11H2,1-6H3. The molecule has 1 unspecified atom stereocenters. The van der Waals surface area contributed by atoms with Gasteiger partial charge in [-0.3, -0.25) is 4.79 Å². The number of piperidine rings is 1. The maximum Gasteiger partial charge on any atom is 0.223 e. The third-order valence-corrected chi connectivity index (χ3v) is 4.37. The second kappa shape index (κ2) is 6.08. The van der Waals surface area contributed by atoms with Gasteiger partial charge >= 0.3 is 0 Å². The summed E-state index contributed by atoms with van der Waals surface area (Å²) >= 11 is 0. The molecular formula is C16H31NO. The summed E-state index contributed by atoms with van der Waals surface area (Å²) in [6, 6.07) is 0. The zero-order valence-electron chi connectivity index (χ0n) is 13.1. The Morgan fingerprint density at radius 1 is 1.17 bits per heavy atom. The second-order valence-corrected chi connectivity index (χ2v) is 7.56. The van der Waals surface area contributed by atoms with E-state index in [1.165, 1.54) is 12.8 Å². The molecule has 0 aromatic rings. The number of nitrogens with zero attached hydrogens (tertiary/aromatic N) is 1. The number of hydrogen-bond acceptors (Lipinski definition) is 1. The van der Waals surface area contributed by atoms with Crippen LogP contribution in [0.3, 0.4) is 0 Å². The van der Waals surface area contributed by atoms with Crippen molar-refractivity contribution in [1.82, 2.24) is 4.90 Å².